The number of carbonyl (C=O) groups excluding carboxylic acids is 2. The number of hydrogen-bond acceptors (Lipinski definition) is 11. The lowest BCUT2D eigenvalue weighted by Gasteiger charge is -2.40. The molecule has 12 nitrogen and oxygen atoms in total. The number of aliphatic hydroxyl groups is 3. The maximum Gasteiger partial charge on any atom is 0.306 e. The van der Waals surface area contributed by atoms with Gasteiger partial charge in [0, 0.05) is 12.8 Å². The molecule has 1 rings (SSSR count). The average molecular weight is 973 g/mol. The summed E-state index contributed by atoms with van der Waals surface area (Å²) >= 11 is 0. The van der Waals surface area contributed by atoms with Gasteiger partial charge in [0.15, 0.2) is 12.4 Å². The van der Waals surface area contributed by atoms with E-state index < -0.39 is 71.2 Å². The summed E-state index contributed by atoms with van der Waals surface area (Å²) in [5.41, 5.74) is 0. The van der Waals surface area contributed by atoms with Crippen molar-refractivity contribution in [3.05, 3.63) is 109 Å². The van der Waals surface area contributed by atoms with Gasteiger partial charge in [-0.15, -0.1) is 0 Å². The molecule has 6 atom stereocenters. The summed E-state index contributed by atoms with van der Waals surface area (Å²) < 4.78 is 54.1. The van der Waals surface area contributed by atoms with E-state index in [0.717, 1.165) is 77.0 Å². The van der Waals surface area contributed by atoms with E-state index in [0.29, 0.717) is 19.3 Å². The molecule has 2 unspecified atom stereocenters. The highest BCUT2D eigenvalue weighted by molar-refractivity contribution is 7.85. The summed E-state index contributed by atoms with van der Waals surface area (Å²) in [5.74, 6) is -2.11. The summed E-state index contributed by atoms with van der Waals surface area (Å²) in [7, 11) is -4.62. The molecule has 0 aromatic heterocycles. The van der Waals surface area contributed by atoms with Gasteiger partial charge in [-0.2, -0.15) is 8.42 Å². The third-order valence-electron chi connectivity index (χ3n) is 10.8. The van der Waals surface area contributed by atoms with Gasteiger partial charge in [0.25, 0.3) is 10.1 Å². The molecule has 1 heterocycles. The minimum Gasteiger partial charge on any atom is -0.462 e. The molecule has 0 aromatic rings. The Kier molecular flexibility index (Phi) is 39.7. The van der Waals surface area contributed by atoms with Gasteiger partial charge in [0.1, 0.15) is 36.8 Å². The Bertz CT molecular complexity index is 1660. The number of aliphatic hydroxyl groups excluding tert-OH is 3. The molecular formula is C55H88O12S. The number of rotatable bonds is 41. The highest BCUT2D eigenvalue weighted by Gasteiger charge is 2.46. The molecule has 0 bridgehead atoms. The quantitative estimate of drug-likeness (QED) is 0.0197. The van der Waals surface area contributed by atoms with Crippen LogP contribution in [-0.2, 0) is 38.7 Å². The highest BCUT2D eigenvalue weighted by atomic mass is 32.2. The molecule has 1 aliphatic heterocycles. The van der Waals surface area contributed by atoms with Gasteiger partial charge >= 0.3 is 11.9 Å². The molecule has 68 heavy (non-hydrogen) atoms. The monoisotopic (exact) mass is 973 g/mol. The van der Waals surface area contributed by atoms with Crippen LogP contribution in [0.4, 0.5) is 0 Å². The van der Waals surface area contributed by atoms with Crippen molar-refractivity contribution in [3.8, 4) is 0 Å². The van der Waals surface area contributed by atoms with E-state index >= 15 is 0 Å². The fourth-order valence-electron chi connectivity index (χ4n) is 6.93. The van der Waals surface area contributed by atoms with Crippen molar-refractivity contribution in [1.29, 1.82) is 0 Å². The fourth-order valence-corrected chi connectivity index (χ4v) is 7.62. The van der Waals surface area contributed by atoms with Gasteiger partial charge in [-0.3, -0.25) is 14.1 Å². The van der Waals surface area contributed by atoms with Crippen LogP contribution in [0.1, 0.15) is 168 Å². The number of unbranched alkanes of at least 4 members (excludes halogenated alkanes) is 11. The van der Waals surface area contributed by atoms with Crippen LogP contribution in [0.15, 0.2) is 109 Å². The number of hydrogen-bond donors (Lipinski definition) is 4. The van der Waals surface area contributed by atoms with Crippen LogP contribution in [0.3, 0.4) is 0 Å². The summed E-state index contributed by atoms with van der Waals surface area (Å²) in [6.45, 7) is 3.57. The molecule has 386 valence electrons. The van der Waals surface area contributed by atoms with Crippen molar-refractivity contribution in [1.82, 2.24) is 0 Å². The second-order valence-electron chi connectivity index (χ2n) is 17.1. The van der Waals surface area contributed by atoms with E-state index in [-0.39, 0.29) is 19.4 Å². The van der Waals surface area contributed by atoms with Crippen molar-refractivity contribution in [2.75, 3.05) is 19.0 Å². The molecule has 0 aliphatic carbocycles. The van der Waals surface area contributed by atoms with Crippen molar-refractivity contribution in [2.24, 2.45) is 0 Å². The molecule has 4 N–H and O–H groups in total. The van der Waals surface area contributed by atoms with Gasteiger partial charge in [0.2, 0.25) is 0 Å². The summed E-state index contributed by atoms with van der Waals surface area (Å²) in [6.07, 6.45) is 51.3. The Morgan fingerprint density at radius 1 is 0.515 bits per heavy atom. The largest absolute Gasteiger partial charge is 0.462 e. The van der Waals surface area contributed by atoms with Crippen LogP contribution in [-0.4, -0.2) is 96.0 Å². The smallest absolute Gasteiger partial charge is 0.306 e. The highest BCUT2D eigenvalue weighted by Crippen LogP contribution is 2.24. The Morgan fingerprint density at radius 2 is 0.941 bits per heavy atom. The van der Waals surface area contributed by atoms with E-state index in [4.69, 9.17) is 18.9 Å². The molecule has 0 aromatic carbocycles. The second kappa shape index (κ2) is 43.3. The predicted octanol–water partition coefficient (Wildman–Crippen LogP) is 11.6. The Morgan fingerprint density at radius 3 is 1.43 bits per heavy atom. The first-order valence-corrected chi connectivity index (χ1v) is 27.1. The van der Waals surface area contributed by atoms with E-state index in [2.05, 4.69) is 111 Å². The zero-order valence-corrected chi connectivity index (χ0v) is 42.2. The third-order valence-corrected chi connectivity index (χ3v) is 11.6. The Balaban J connectivity index is 2.47. The molecule has 1 fully saturated rings. The van der Waals surface area contributed by atoms with E-state index in [1.165, 1.54) is 44.9 Å². The molecule has 0 amide bonds. The van der Waals surface area contributed by atoms with Gasteiger partial charge in [0.05, 0.1) is 6.61 Å². The van der Waals surface area contributed by atoms with Crippen LogP contribution in [0.25, 0.3) is 0 Å². The molecular weight excluding hydrogens is 885 g/mol. The van der Waals surface area contributed by atoms with Gasteiger partial charge < -0.3 is 34.3 Å². The third kappa shape index (κ3) is 37.2. The summed E-state index contributed by atoms with van der Waals surface area (Å²) in [5, 5.41) is 31.0. The Hall–Kier alpha value is -3.69. The number of allylic oxidation sites excluding steroid dienone is 18. The topological polar surface area (TPSA) is 186 Å². The van der Waals surface area contributed by atoms with Gasteiger partial charge in [-0.1, -0.05) is 168 Å². The lowest BCUT2D eigenvalue weighted by Crippen LogP contribution is -2.60. The maximum atomic E-state index is 12.9. The van der Waals surface area contributed by atoms with Crippen LogP contribution >= 0.6 is 0 Å². The first-order chi connectivity index (χ1) is 33.0. The van der Waals surface area contributed by atoms with Crippen LogP contribution in [0, 0.1) is 0 Å². The normalized spacial score (nSPS) is 20.1. The maximum absolute atomic E-state index is 12.9. The molecule has 0 radical (unpaired) electrons. The minimum atomic E-state index is -4.62. The summed E-state index contributed by atoms with van der Waals surface area (Å²) in [4.78, 5) is 25.5. The first-order valence-electron chi connectivity index (χ1n) is 25.4. The van der Waals surface area contributed by atoms with Crippen LogP contribution < -0.4 is 0 Å². The SMILES string of the molecule is CC/C=C/C/C=C/C/C=C/C/C=C/C/C=C/CCCCCC(=O)O[C@H](COC(=O)CCC/C=C/C/C=C/C/C=C/C/C=C/CCCCCCCCC)CO[C@H]1O[C@H](CS(=O)(=O)O)[C@@H](O)C(O)C1O. The lowest BCUT2D eigenvalue weighted by atomic mass is 10.00. The van der Waals surface area contributed by atoms with Crippen molar-refractivity contribution in [3.63, 3.8) is 0 Å². The van der Waals surface area contributed by atoms with Crippen LogP contribution in [0.5, 0.6) is 0 Å². The predicted molar refractivity (Wildman–Crippen MR) is 274 cm³/mol. The zero-order valence-electron chi connectivity index (χ0n) is 41.4. The van der Waals surface area contributed by atoms with E-state index in [9.17, 15) is 37.9 Å². The minimum absolute atomic E-state index is 0.106. The molecule has 0 saturated carbocycles. The van der Waals surface area contributed by atoms with Crippen molar-refractivity contribution in [2.45, 2.75) is 205 Å². The van der Waals surface area contributed by atoms with Crippen LogP contribution in [0.2, 0.25) is 0 Å². The first kappa shape index (κ1) is 62.3. The standard InChI is InChI=1S/C55H88O12S/c1-3-5-7-9-11-13-15-17-19-21-23-24-26-27-29-31-33-35-37-39-41-43-50(56)64-45-48(46-65-55-54(60)53(59)52(58)49(67-55)47-68(61,62)63)66-51(57)44-42-40-38-36-34-32-30-28-25-22-20-18-16-14-12-10-8-6-4-2/h6,8,12,14,18-21,24-26,28-29,31-32,34-35,37,48-49,52-55,58-60H,3-5,7,9-11,13,15-17,22-23,27,30,33,36,38-47H2,1-2H3,(H,61,62,63)/b8-6+,14-12+,20-18+,21-19+,26-24+,28-25+,31-29+,34-32+,37-35+/t48-,49-,52-,53?,54?,55+/m1/s1. The lowest BCUT2D eigenvalue weighted by molar-refractivity contribution is -0.297. The van der Waals surface area contributed by atoms with Crippen molar-refractivity contribution >= 4 is 22.1 Å². The fraction of sp³-hybridized carbons (Fsp3) is 0.636. The zero-order chi connectivity index (χ0) is 49.8. The number of ether oxygens (including phenoxy) is 4. The summed E-state index contributed by atoms with van der Waals surface area (Å²) in [6, 6.07) is 0. The van der Waals surface area contributed by atoms with E-state index in [1.807, 2.05) is 12.2 Å². The van der Waals surface area contributed by atoms with Crippen molar-refractivity contribution < 1.29 is 56.8 Å². The second-order valence-corrected chi connectivity index (χ2v) is 18.6. The number of esters is 2. The van der Waals surface area contributed by atoms with Gasteiger partial charge in [-0.25, -0.2) is 0 Å². The number of carbonyl (C=O) groups is 2. The molecule has 1 aliphatic rings. The molecule has 1 saturated heterocycles. The average Bonchev–Trinajstić information content (AvgIpc) is 3.31. The molecule has 0 spiro atoms. The van der Waals surface area contributed by atoms with E-state index in [1.54, 1.807) is 0 Å². The Labute approximate surface area is 410 Å². The molecule has 13 heteroatoms. The van der Waals surface area contributed by atoms with Gasteiger partial charge in [-0.05, 0) is 96.3 Å².